The van der Waals surface area contributed by atoms with Crippen molar-refractivity contribution >= 4 is 35.8 Å². The maximum absolute atomic E-state index is 11.9. The van der Waals surface area contributed by atoms with Gasteiger partial charge in [-0.25, -0.2) is 0 Å². The summed E-state index contributed by atoms with van der Waals surface area (Å²) in [5, 5.41) is 9.36. The second-order valence-corrected chi connectivity index (χ2v) is 5.15. The number of likely N-dealkylation sites (N-methyl/N-ethyl adjacent to an activating group) is 1. The molecular formula is C15H23Cl2N3O2. The van der Waals surface area contributed by atoms with Crippen LogP contribution in [-0.4, -0.2) is 31.4 Å². The molecule has 124 valence electrons. The maximum Gasteiger partial charge on any atom is 0.222 e. The molecule has 0 bridgehead atoms. The molecule has 0 saturated carbocycles. The van der Waals surface area contributed by atoms with Crippen molar-refractivity contribution in [3.8, 4) is 0 Å². The Morgan fingerprint density at radius 1 is 1.18 bits per heavy atom. The summed E-state index contributed by atoms with van der Waals surface area (Å²) >= 11 is 5.85. The number of hydrogen-bond donors (Lipinski definition) is 3. The van der Waals surface area contributed by atoms with Crippen LogP contribution in [0.1, 0.15) is 31.9 Å². The highest BCUT2D eigenvalue weighted by Gasteiger charge is 2.16. The van der Waals surface area contributed by atoms with Crippen molar-refractivity contribution in [2.45, 2.75) is 26.3 Å². The van der Waals surface area contributed by atoms with E-state index < -0.39 is 0 Å². The highest BCUT2D eigenvalue weighted by atomic mass is 35.5. The Labute approximate surface area is 142 Å². The molecule has 7 heteroatoms. The minimum absolute atomic E-state index is 0. The number of benzene rings is 1. The van der Waals surface area contributed by atoms with E-state index in [4.69, 9.17) is 11.6 Å². The summed E-state index contributed by atoms with van der Waals surface area (Å²) in [5.74, 6) is -0.267. The van der Waals surface area contributed by atoms with Gasteiger partial charge in [0, 0.05) is 25.0 Å². The molecule has 1 aromatic carbocycles. The molecule has 0 aliphatic rings. The first-order valence-electron chi connectivity index (χ1n) is 7.03. The SMILES string of the molecule is CCNCCNC(=O)CC(NC(C)=O)c1ccc(Cl)cc1.Cl. The number of carbonyl (C=O) groups excluding carboxylic acids is 2. The molecule has 0 radical (unpaired) electrons. The number of halogens is 2. The van der Waals surface area contributed by atoms with Crippen molar-refractivity contribution in [3.05, 3.63) is 34.9 Å². The Morgan fingerprint density at radius 3 is 2.36 bits per heavy atom. The topological polar surface area (TPSA) is 70.2 Å². The van der Waals surface area contributed by atoms with E-state index >= 15 is 0 Å². The fraction of sp³-hybridized carbons (Fsp3) is 0.467. The Bertz CT molecular complexity index is 466. The molecule has 0 heterocycles. The van der Waals surface area contributed by atoms with Crippen LogP contribution in [0, 0.1) is 0 Å². The van der Waals surface area contributed by atoms with Crippen molar-refractivity contribution in [1.82, 2.24) is 16.0 Å². The fourth-order valence-electron chi connectivity index (χ4n) is 1.92. The number of nitrogens with one attached hydrogen (secondary N) is 3. The van der Waals surface area contributed by atoms with Crippen LogP contribution < -0.4 is 16.0 Å². The zero-order valence-corrected chi connectivity index (χ0v) is 14.4. The Morgan fingerprint density at radius 2 is 1.82 bits per heavy atom. The molecule has 1 atom stereocenters. The molecule has 5 nitrogen and oxygen atoms in total. The molecule has 1 rings (SSSR count). The first-order valence-corrected chi connectivity index (χ1v) is 7.40. The van der Waals surface area contributed by atoms with Gasteiger partial charge in [-0.1, -0.05) is 30.7 Å². The maximum atomic E-state index is 11.9. The predicted octanol–water partition coefficient (Wildman–Crippen LogP) is 2.05. The Balaban J connectivity index is 0.00000441. The molecule has 0 saturated heterocycles. The van der Waals surface area contributed by atoms with Gasteiger partial charge in [0.2, 0.25) is 11.8 Å². The third kappa shape index (κ3) is 8.22. The van der Waals surface area contributed by atoms with Crippen molar-refractivity contribution in [3.63, 3.8) is 0 Å². The average Bonchev–Trinajstić information content (AvgIpc) is 2.43. The number of amides is 2. The van der Waals surface area contributed by atoms with Gasteiger partial charge in [-0.05, 0) is 24.2 Å². The molecule has 0 spiro atoms. The van der Waals surface area contributed by atoms with E-state index in [1.165, 1.54) is 6.92 Å². The Kier molecular flexibility index (Phi) is 10.6. The van der Waals surface area contributed by atoms with Gasteiger partial charge in [0.1, 0.15) is 0 Å². The monoisotopic (exact) mass is 347 g/mol. The lowest BCUT2D eigenvalue weighted by Crippen LogP contribution is -2.35. The summed E-state index contributed by atoms with van der Waals surface area (Å²) in [6.07, 6.45) is 0.202. The Hall–Kier alpha value is -1.30. The van der Waals surface area contributed by atoms with E-state index in [1.54, 1.807) is 12.1 Å². The van der Waals surface area contributed by atoms with Crippen LogP contribution in [0.2, 0.25) is 5.02 Å². The number of carbonyl (C=O) groups is 2. The van der Waals surface area contributed by atoms with E-state index in [9.17, 15) is 9.59 Å². The predicted molar refractivity (Wildman–Crippen MR) is 91.4 cm³/mol. The van der Waals surface area contributed by atoms with Crippen LogP contribution in [-0.2, 0) is 9.59 Å². The molecule has 0 aromatic heterocycles. The lowest BCUT2D eigenvalue weighted by Gasteiger charge is -2.18. The van der Waals surface area contributed by atoms with Crippen LogP contribution in [0.15, 0.2) is 24.3 Å². The molecular weight excluding hydrogens is 325 g/mol. The summed E-state index contributed by atoms with van der Waals surface area (Å²) in [6, 6.07) is 6.77. The largest absolute Gasteiger partial charge is 0.355 e. The van der Waals surface area contributed by atoms with Crippen LogP contribution in [0.3, 0.4) is 0 Å². The molecule has 2 amide bonds. The lowest BCUT2D eigenvalue weighted by molar-refractivity contribution is -0.122. The van der Waals surface area contributed by atoms with Gasteiger partial charge in [-0.15, -0.1) is 12.4 Å². The van der Waals surface area contributed by atoms with Crippen molar-refractivity contribution in [2.24, 2.45) is 0 Å². The lowest BCUT2D eigenvalue weighted by atomic mass is 10.0. The average molecular weight is 348 g/mol. The minimum Gasteiger partial charge on any atom is -0.355 e. The van der Waals surface area contributed by atoms with E-state index in [1.807, 2.05) is 19.1 Å². The summed E-state index contributed by atoms with van der Waals surface area (Å²) < 4.78 is 0. The standard InChI is InChI=1S/C15H22ClN3O2.ClH/c1-3-17-8-9-18-15(21)10-14(19-11(2)20)12-4-6-13(16)7-5-12;/h4-7,14,17H,3,8-10H2,1-2H3,(H,18,21)(H,19,20);1H. The zero-order valence-electron chi connectivity index (χ0n) is 12.8. The molecule has 1 unspecified atom stereocenters. The van der Waals surface area contributed by atoms with Gasteiger partial charge in [0.25, 0.3) is 0 Å². The first-order chi connectivity index (χ1) is 10.0. The number of hydrogen-bond acceptors (Lipinski definition) is 3. The zero-order chi connectivity index (χ0) is 15.7. The van der Waals surface area contributed by atoms with Crippen molar-refractivity contribution in [1.29, 1.82) is 0 Å². The van der Waals surface area contributed by atoms with Crippen LogP contribution >= 0.6 is 24.0 Å². The van der Waals surface area contributed by atoms with Gasteiger partial charge < -0.3 is 16.0 Å². The molecule has 1 aromatic rings. The van der Waals surface area contributed by atoms with Crippen LogP contribution in [0.25, 0.3) is 0 Å². The highest BCUT2D eigenvalue weighted by molar-refractivity contribution is 6.30. The van der Waals surface area contributed by atoms with E-state index in [-0.39, 0.29) is 36.7 Å². The first kappa shape index (κ1) is 20.7. The molecule has 0 aliphatic heterocycles. The van der Waals surface area contributed by atoms with E-state index in [0.717, 1.165) is 18.7 Å². The third-order valence-corrected chi connectivity index (χ3v) is 3.17. The van der Waals surface area contributed by atoms with E-state index in [2.05, 4.69) is 16.0 Å². The van der Waals surface area contributed by atoms with Crippen molar-refractivity contribution < 1.29 is 9.59 Å². The van der Waals surface area contributed by atoms with Gasteiger partial charge in [0.05, 0.1) is 12.5 Å². The highest BCUT2D eigenvalue weighted by Crippen LogP contribution is 2.19. The second-order valence-electron chi connectivity index (χ2n) is 4.71. The molecule has 22 heavy (non-hydrogen) atoms. The minimum atomic E-state index is -0.348. The second kappa shape index (κ2) is 11.3. The van der Waals surface area contributed by atoms with Crippen LogP contribution in [0.5, 0.6) is 0 Å². The number of rotatable bonds is 8. The summed E-state index contributed by atoms with van der Waals surface area (Å²) in [6.45, 7) is 5.62. The third-order valence-electron chi connectivity index (χ3n) is 2.91. The molecule has 0 fully saturated rings. The summed E-state index contributed by atoms with van der Waals surface area (Å²) in [7, 11) is 0. The molecule has 0 aliphatic carbocycles. The smallest absolute Gasteiger partial charge is 0.222 e. The van der Waals surface area contributed by atoms with Gasteiger partial charge >= 0.3 is 0 Å². The van der Waals surface area contributed by atoms with Gasteiger partial charge in [-0.2, -0.15) is 0 Å². The van der Waals surface area contributed by atoms with Crippen LogP contribution in [0.4, 0.5) is 0 Å². The quantitative estimate of drug-likeness (QED) is 0.630. The van der Waals surface area contributed by atoms with Gasteiger partial charge in [-0.3, -0.25) is 9.59 Å². The molecule has 3 N–H and O–H groups in total. The normalized spacial score (nSPS) is 11.2. The summed E-state index contributed by atoms with van der Waals surface area (Å²) in [5.41, 5.74) is 0.858. The van der Waals surface area contributed by atoms with E-state index in [0.29, 0.717) is 11.6 Å². The fourth-order valence-corrected chi connectivity index (χ4v) is 2.04. The van der Waals surface area contributed by atoms with Crippen molar-refractivity contribution in [2.75, 3.05) is 19.6 Å². The summed E-state index contributed by atoms with van der Waals surface area (Å²) in [4.78, 5) is 23.2. The van der Waals surface area contributed by atoms with Gasteiger partial charge in [0.15, 0.2) is 0 Å².